The average molecular weight is 472 g/mol. The third kappa shape index (κ3) is 6.48. The summed E-state index contributed by atoms with van der Waals surface area (Å²) in [6.45, 7) is 9.34. The van der Waals surface area contributed by atoms with Crippen LogP contribution in [0, 0.1) is 13.5 Å². The first-order valence-corrected chi connectivity index (χ1v) is 10.1. The predicted molar refractivity (Wildman–Crippen MR) is 128 cm³/mol. The molecule has 0 unspecified atom stereocenters. The summed E-state index contributed by atoms with van der Waals surface area (Å²) in [5, 5.41) is 6.84. The Labute approximate surface area is 196 Å². The third-order valence-electron chi connectivity index (χ3n) is 4.74. The van der Waals surface area contributed by atoms with Gasteiger partial charge < -0.3 is 9.64 Å². The van der Waals surface area contributed by atoms with Crippen molar-refractivity contribution in [2.24, 2.45) is 0 Å². The monoisotopic (exact) mass is 471 g/mol. The summed E-state index contributed by atoms with van der Waals surface area (Å²) >= 11 is 0. The molecule has 0 fully saturated rings. The molecular formula is C25H26F3N4O2+. The molecule has 1 heterocycles. The zero-order valence-corrected chi connectivity index (χ0v) is 19.6. The normalized spacial score (nSPS) is 11.2. The summed E-state index contributed by atoms with van der Waals surface area (Å²) in [6.07, 6.45) is -1.95. The van der Waals surface area contributed by atoms with Crippen LogP contribution >= 0.6 is 0 Å². The van der Waals surface area contributed by atoms with Gasteiger partial charge in [0.1, 0.15) is 23.6 Å². The van der Waals surface area contributed by atoms with Gasteiger partial charge in [-0.05, 0) is 49.3 Å². The SMILES string of the molecule is C#[N+]c1[nH]nc(-c2cc(C(F)(F)F)ccc2OC)c1/C=C(\C)c1cccc(C)c1.CN(C)C=O. The van der Waals surface area contributed by atoms with E-state index in [0.29, 0.717) is 5.56 Å². The minimum atomic E-state index is -4.49. The lowest BCUT2D eigenvalue weighted by Gasteiger charge is -2.11. The maximum Gasteiger partial charge on any atom is 0.416 e. The van der Waals surface area contributed by atoms with E-state index in [0.717, 1.165) is 35.2 Å². The zero-order valence-electron chi connectivity index (χ0n) is 19.6. The van der Waals surface area contributed by atoms with Crippen LogP contribution in [-0.2, 0) is 11.0 Å². The van der Waals surface area contributed by atoms with Gasteiger partial charge in [0.15, 0.2) is 0 Å². The number of benzene rings is 2. The number of alkyl halides is 3. The van der Waals surface area contributed by atoms with Crippen LogP contribution < -0.4 is 4.74 Å². The Balaban J connectivity index is 0.000000739. The molecule has 0 radical (unpaired) electrons. The van der Waals surface area contributed by atoms with E-state index in [2.05, 4.69) is 15.0 Å². The molecule has 178 valence electrons. The van der Waals surface area contributed by atoms with Crippen molar-refractivity contribution in [3.05, 3.63) is 69.6 Å². The fourth-order valence-electron chi connectivity index (χ4n) is 3.04. The highest BCUT2D eigenvalue weighted by molar-refractivity contribution is 5.90. The van der Waals surface area contributed by atoms with Gasteiger partial charge in [0.05, 0.1) is 12.7 Å². The van der Waals surface area contributed by atoms with Crippen molar-refractivity contribution in [2.75, 3.05) is 21.2 Å². The Hall–Kier alpha value is -4.06. The Morgan fingerprint density at radius 3 is 2.41 bits per heavy atom. The van der Waals surface area contributed by atoms with Gasteiger partial charge in [-0.25, -0.2) is 0 Å². The molecule has 1 aromatic heterocycles. The molecule has 0 aliphatic rings. The van der Waals surface area contributed by atoms with E-state index in [-0.39, 0.29) is 22.8 Å². The first-order valence-electron chi connectivity index (χ1n) is 10.1. The number of nitrogens with zero attached hydrogens (tertiary/aromatic N) is 3. The number of nitrogens with one attached hydrogen (secondary N) is 1. The molecule has 2 aromatic carbocycles. The molecule has 3 aromatic rings. The van der Waals surface area contributed by atoms with E-state index < -0.39 is 11.7 Å². The van der Waals surface area contributed by atoms with Crippen LogP contribution in [-0.4, -0.2) is 42.7 Å². The lowest BCUT2D eigenvalue weighted by atomic mass is 9.99. The second kappa shape index (κ2) is 11.2. The van der Waals surface area contributed by atoms with Crippen LogP contribution in [0.15, 0.2) is 42.5 Å². The van der Waals surface area contributed by atoms with Crippen LogP contribution in [0.5, 0.6) is 5.75 Å². The molecule has 34 heavy (non-hydrogen) atoms. The predicted octanol–water partition coefficient (Wildman–Crippen LogP) is 6.27. The lowest BCUT2D eigenvalue weighted by Crippen LogP contribution is -2.06. The second-order valence-electron chi connectivity index (χ2n) is 7.64. The van der Waals surface area contributed by atoms with Gasteiger partial charge in [0, 0.05) is 19.7 Å². The molecule has 0 spiro atoms. The van der Waals surface area contributed by atoms with Gasteiger partial charge in [-0.3, -0.25) is 4.79 Å². The lowest BCUT2D eigenvalue weighted by molar-refractivity contribution is -0.137. The summed E-state index contributed by atoms with van der Waals surface area (Å²) in [7, 11) is 4.76. The molecule has 0 saturated carbocycles. The van der Waals surface area contributed by atoms with E-state index in [1.807, 2.05) is 38.1 Å². The fourth-order valence-corrected chi connectivity index (χ4v) is 3.04. The topological polar surface area (TPSA) is 62.6 Å². The number of hydrogen-bond donors (Lipinski definition) is 1. The largest absolute Gasteiger partial charge is 0.496 e. The van der Waals surface area contributed by atoms with Gasteiger partial charge in [-0.2, -0.15) is 18.0 Å². The van der Waals surface area contributed by atoms with Crippen LogP contribution in [0.3, 0.4) is 0 Å². The number of carbonyl (C=O) groups is 1. The molecule has 0 atom stereocenters. The van der Waals surface area contributed by atoms with Crippen molar-refractivity contribution >= 4 is 23.9 Å². The summed E-state index contributed by atoms with van der Waals surface area (Å²) < 4.78 is 45.0. The molecule has 0 aliphatic heterocycles. The number of H-pyrrole nitrogens is 1. The summed E-state index contributed by atoms with van der Waals surface area (Å²) in [6, 6.07) is 11.1. The van der Waals surface area contributed by atoms with Gasteiger partial charge in [0.25, 0.3) is 0 Å². The summed E-state index contributed by atoms with van der Waals surface area (Å²) in [5.74, 6) is 0.516. The van der Waals surface area contributed by atoms with Crippen molar-refractivity contribution < 1.29 is 22.7 Å². The van der Waals surface area contributed by atoms with Crippen molar-refractivity contribution in [3.63, 3.8) is 0 Å². The number of aromatic nitrogens is 2. The summed E-state index contributed by atoms with van der Waals surface area (Å²) in [5.41, 5.74) is 3.08. The van der Waals surface area contributed by atoms with Crippen molar-refractivity contribution in [2.45, 2.75) is 20.0 Å². The standard InChI is InChI=1S/C22H19F3N3O.C3H7NO/c1-13-6-5-7-15(10-13)14(2)11-18-20(27-28-21(18)26-3)17-12-16(22(23,24)25)8-9-19(17)29-4;1-4(2)3-5/h3,5-12H,1-2,4H3,(H,27,28);3H,1-2H3/q+1;/b14-11+;. The molecule has 1 N–H and O–H groups in total. The Bertz CT molecular complexity index is 1220. The molecule has 3 rings (SSSR count). The number of hydrogen-bond acceptors (Lipinski definition) is 3. The number of methoxy groups -OCH3 is 1. The number of carbonyl (C=O) groups excluding carboxylic acids is 1. The number of allylic oxidation sites excluding steroid dienone is 1. The summed E-state index contributed by atoms with van der Waals surface area (Å²) in [4.78, 5) is 14.6. The third-order valence-corrected chi connectivity index (χ3v) is 4.74. The molecule has 6 nitrogen and oxygen atoms in total. The molecule has 0 bridgehead atoms. The second-order valence-corrected chi connectivity index (χ2v) is 7.64. The first-order chi connectivity index (χ1) is 16.0. The minimum absolute atomic E-state index is 0.191. The van der Waals surface area contributed by atoms with Gasteiger partial charge >= 0.3 is 12.0 Å². The molecule has 9 heteroatoms. The number of halogens is 3. The first kappa shape index (κ1) is 26.2. The van der Waals surface area contributed by atoms with Crippen molar-refractivity contribution in [3.8, 4) is 23.6 Å². The Kier molecular flexibility index (Phi) is 8.62. The van der Waals surface area contributed by atoms with Crippen molar-refractivity contribution in [1.29, 1.82) is 0 Å². The van der Waals surface area contributed by atoms with Gasteiger partial charge in [0.2, 0.25) is 6.41 Å². The highest BCUT2D eigenvalue weighted by atomic mass is 19.4. The smallest absolute Gasteiger partial charge is 0.416 e. The van der Waals surface area contributed by atoms with Crippen LogP contribution in [0.4, 0.5) is 19.0 Å². The van der Waals surface area contributed by atoms with E-state index in [1.54, 1.807) is 20.2 Å². The minimum Gasteiger partial charge on any atom is -0.496 e. The quantitative estimate of drug-likeness (QED) is 0.446. The Morgan fingerprint density at radius 2 is 1.88 bits per heavy atom. The van der Waals surface area contributed by atoms with Gasteiger partial charge in [-0.1, -0.05) is 34.9 Å². The zero-order chi connectivity index (χ0) is 25.5. The van der Waals surface area contributed by atoms with Crippen molar-refractivity contribution in [1.82, 2.24) is 15.1 Å². The average Bonchev–Trinajstić information content (AvgIpc) is 3.20. The fraction of sp³-hybridized carbons (Fsp3) is 0.240. The van der Waals surface area contributed by atoms with E-state index in [1.165, 1.54) is 18.1 Å². The number of aryl methyl sites for hydroxylation is 1. The van der Waals surface area contributed by atoms with Crippen LogP contribution in [0.2, 0.25) is 0 Å². The molecule has 1 amide bonds. The maximum atomic E-state index is 13.2. The molecular weight excluding hydrogens is 445 g/mol. The Morgan fingerprint density at radius 1 is 1.21 bits per heavy atom. The molecule has 0 aliphatic carbocycles. The van der Waals surface area contributed by atoms with E-state index in [9.17, 15) is 18.0 Å². The number of amides is 1. The van der Waals surface area contributed by atoms with Crippen LogP contribution in [0.25, 0.3) is 27.8 Å². The maximum absolute atomic E-state index is 13.2. The number of rotatable bonds is 5. The number of ether oxygens (including phenoxy) is 1. The van der Waals surface area contributed by atoms with E-state index in [4.69, 9.17) is 11.3 Å². The highest BCUT2D eigenvalue weighted by Gasteiger charge is 2.32. The van der Waals surface area contributed by atoms with Gasteiger partial charge in [-0.15, -0.1) is 5.10 Å². The number of aromatic amines is 1. The highest BCUT2D eigenvalue weighted by Crippen LogP contribution is 2.40. The molecule has 0 saturated heterocycles. The van der Waals surface area contributed by atoms with Crippen LogP contribution in [0.1, 0.15) is 29.2 Å². The van der Waals surface area contributed by atoms with E-state index >= 15 is 0 Å².